The molecule has 0 aliphatic rings. The highest BCUT2D eigenvalue weighted by molar-refractivity contribution is 5.74. The quantitative estimate of drug-likeness (QED) is 0.730. The molecule has 8 heteroatoms. The van der Waals surface area contributed by atoms with Crippen molar-refractivity contribution < 1.29 is 9.53 Å². The number of nitrogens with two attached hydrogens (primary N) is 1. The number of primary amides is 1. The van der Waals surface area contributed by atoms with E-state index in [9.17, 15) is 4.79 Å². The highest BCUT2D eigenvalue weighted by atomic mass is 16.5. The highest BCUT2D eigenvalue weighted by Gasteiger charge is 2.13. The highest BCUT2D eigenvalue weighted by Crippen LogP contribution is 2.18. The summed E-state index contributed by atoms with van der Waals surface area (Å²) < 4.78 is 6.81. The molecule has 124 valence electrons. The Balaban J connectivity index is 1.92. The molecule has 1 atom stereocenters. The van der Waals surface area contributed by atoms with Crippen LogP contribution in [0.15, 0.2) is 30.5 Å². The molecular weight excluding hydrogens is 308 g/mol. The molecule has 0 fully saturated rings. The minimum absolute atomic E-state index is 0.0743. The lowest BCUT2D eigenvalue weighted by atomic mass is 10.0. The minimum Gasteiger partial charge on any atom is -0.497 e. The Morgan fingerprint density at radius 3 is 2.75 bits per heavy atom. The molecule has 0 saturated heterocycles. The van der Waals surface area contributed by atoms with Gasteiger partial charge in [-0.1, -0.05) is 12.1 Å². The molecule has 24 heavy (non-hydrogen) atoms. The van der Waals surface area contributed by atoms with Crippen molar-refractivity contribution in [2.24, 2.45) is 11.7 Å². The largest absolute Gasteiger partial charge is 0.497 e. The predicted octanol–water partition coefficient (Wildman–Crippen LogP) is 1.27. The summed E-state index contributed by atoms with van der Waals surface area (Å²) in [4.78, 5) is 19.8. The molecular formula is C16H18N6O2. The van der Waals surface area contributed by atoms with Crippen molar-refractivity contribution in [1.82, 2.24) is 25.0 Å². The van der Waals surface area contributed by atoms with Gasteiger partial charge in [0.25, 0.3) is 0 Å². The van der Waals surface area contributed by atoms with E-state index < -0.39 is 0 Å². The molecule has 2 aromatic heterocycles. The van der Waals surface area contributed by atoms with Gasteiger partial charge in [0.15, 0.2) is 11.2 Å². The number of ether oxygens (including phenoxy) is 1. The molecule has 0 spiro atoms. The zero-order chi connectivity index (χ0) is 17.1. The summed E-state index contributed by atoms with van der Waals surface area (Å²) in [6.45, 7) is 1.94. The van der Waals surface area contributed by atoms with Crippen molar-refractivity contribution in [1.29, 1.82) is 0 Å². The maximum absolute atomic E-state index is 11.0. The number of carbonyl (C=O) groups excluding carboxylic acids is 1. The summed E-state index contributed by atoms with van der Waals surface area (Å²) in [6.07, 6.45) is 2.51. The van der Waals surface area contributed by atoms with Crippen molar-refractivity contribution in [2.45, 2.75) is 19.8 Å². The van der Waals surface area contributed by atoms with Gasteiger partial charge in [-0.15, -0.1) is 5.10 Å². The second kappa shape index (κ2) is 6.61. The average molecular weight is 326 g/mol. The molecule has 0 saturated carbocycles. The van der Waals surface area contributed by atoms with Crippen molar-refractivity contribution in [3.05, 3.63) is 36.3 Å². The average Bonchev–Trinajstić information content (AvgIpc) is 2.97. The Labute approximate surface area is 138 Å². The number of aromatic nitrogens is 5. The third-order valence-corrected chi connectivity index (χ3v) is 3.64. The van der Waals surface area contributed by atoms with Gasteiger partial charge in [-0.25, -0.2) is 9.97 Å². The fraction of sp³-hybridized carbons (Fsp3) is 0.312. The van der Waals surface area contributed by atoms with Crippen LogP contribution in [0.4, 0.5) is 0 Å². The smallest absolute Gasteiger partial charge is 0.217 e. The minimum atomic E-state index is -0.325. The topological polar surface area (TPSA) is 109 Å². The van der Waals surface area contributed by atoms with Crippen LogP contribution in [0.5, 0.6) is 5.75 Å². The van der Waals surface area contributed by atoms with Gasteiger partial charge in [0, 0.05) is 12.8 Å². The molecule has 2 heterocycles. The number of hydrogen-bond acceptors (Lipinski definition) is 6. The number of hydrogen-bond donors (Lipinski definition) is 1. The summed E-state index contributed by atoms with van der Waals surface area (Å²) in [7, 11) is 1.62. The van der Waals surface area contributed by atoms with Crippen molar-refractivity contribution in [3.8, 4) is 11.4 Å². The molecule has 8 nitrogen and oxygen atoms in total. The second-order valence-corrected chi connectivity index (χ2v) is 5.67. The van der Waals surface area contributed by atoms with Crippen molar-refractivity contribution >= 4 is 17.1 Å². The maximum atomic E-state index is 11.0. The van der Waals surface area contributed by atoms with Crippen molar-refractivity contribution in [2.75, 3.05) is 7.11 Å². The number of fused-ring (bicyclic) bond motifs is 1. The van der Waals surface area contributed by atoms with E-state index in [1.807, 2.05) is 31.2 Å². The van der Waals surface area contributed by atoms with Crippen LogP contribution in [-0.4, -0.2) is 38.0 Å². The van der Waals surface area contributed by atoms with Gasteiger partial charge >= 0.3 is 0 Å². The molecule has 0 radical (unpaired) electrons. The van der Waals surface area contributed by atoms with Crippen LogP contribution in [0.1, 0.15) is 19.2 Å². The molecule has 3 aromatic rings. The lowest BCUT2D eigenvalue weighted by Crippen LogP contribution is -2.16. The molecule has 0 bridgehead atoms. The normalized spacial score (nSPS) is 12.2. The summed E-state index contributed by atoms with van der Waals surface area (Å²) >= 11 is 0. The van der Waals surface area contributed by atoms with Crippen LogP contribution in [0.25, 0.3) is 16.9 Å². The van der Waals surface area contributed by atoms with Crippen LogP contribution < -0.4 is 10.5 Å². The van der Waals surface area contributed by atoms with E-state index in [4.69, 9.17) is 10.5 Å². The van der Waals surface area contributed by atoms with Crippen LogP contribution in [0, 0.1) is 5.92 Å². The van der Waals surface area contributed by atoms with Gasteiger partial charge in [0.05, 0.1) is 19.0 Å². The van der Waals surface area contributed by atoms with E-state index in [2.05, 4.69) is 20.3 Å². The monoisotopic (exact) mass is 326 g/mol. The number of rotatable bonds is 6. The van der Waals surface area contributed by atoms with E-state index in [1.54, 1.807) is 18.0 Å². The summed E-state index contributed by atoms with van der Waals surface area (Å²) in [5.74, 6) is 1.14. The number of benzene rings is 1. The van der Waals surface area contributed by atoms with E-state index in [-0.39, 0.29) is 11.8 Å². The molecule has 0 aliphatic carbocycles. The lowest BCUT2D eigenvalue weighted by Gasteiger charge is -2.08. The Bertz CT molecular complexity index is 859. The van der Waals surface area contributed by atoms with E-state index >= 15 is 0 Å². The van der Waals surface area contributed by atoms with Gasteiger partial charge in [-0.2, -0.15) is 4.68 Å². The molecule has 1 aromatic carbocycles. The number of carbonyl (C=O) groups is 1. The molecule has 1 amide bonds. The van der Waals surface area contributed by atoms with Gasteiger partial charge in [0.2, 0.25) is 5.91 Å². The van der Waals surface area contributed by atoms with E-state index in [0.29, 0.717) is 29.8 Å². The van der Waals surface area contributed by atoms with Crippen LogP contribution >= 0.6 is 0 Å². The molecule has 2 N–H and O–H groups in total. The first-order valence-electron chi connectivity index (χ1n) is 7.57. The Morgan fingerprint density at radius 2 is 2.08 bits per heavy atom. The zero-order valence-corrected chi connectivity index (χ0v) is 13.5. The molecule has 0 aliphatic heterocycles. The first-order valence-corrected chi connectivity index (χ1v) is 7.57. The Hall–Kier alpha value is -3.03. The van der Waals surface area contributed by atoms with Gasteiger partial charge in [0.1, 0.15) is 11.6 Å². The third-order valence-electron chi connectivity index (χ3n) is 3.64. The Kier molecular flexibility index (Phi) is 4.37. The fourth-order valence-corrected chi connectivity index (χ4v) is 2.49. The van der Waals surface area contributed by atoms with Crippen molar-refractivity contribution in [3.63, 3.8) is 0 Å². The standard InChI is InChI=1S/C16H18N6O2/c1-10(7-14(17)23)8-15-18-9-13-16(19-15)22(21-20-13)11-3-5-12(24-2)6-4-11/h3-6,9-10H,7-8H2,1-2H3,(H2,17,23). The van der Waals surface area contributed by atoms with Gasteiger partial charge in [-0.3, -0.25) is 4.79 Å². The summed E-state index contributed by atoms with van der Waals surface area (Å²) in [5, 5.41) is 8.23. The summed E-state index contributed by atoms with van der Waals surface area (Å²) in [5.41, 5.74) is 7.29. The fourth-order valence-electron chi connectivity index (χ4n) is 2.49. The first kappa shape index (κ1) is 15.9. The van der Waals surface area contributed by atoms with Gasteiger partial charge in [-0.05, 0) is 30.2 Å². The predicted molar refractivity (Wildman–Crippen MR) is 87.7 cm³/mol. The zero-order valence-electron chi connectivity index (χ0n) is 13.5. The molecule has 1 unspecified atom stereocenters. The van der Waals surface area contributed by atoms with Gasteiger partial charge < -0.3 is 10.5 Å². The van der Waals surface area contributed by atoms with E-state index in [1.165, 1.54) is 0 Å². The van der Waals surface area contributed by atoms with E-state index in [0.717, 1.165) is 11.4 Å². The van der Waals surface area contributed by atoms with Crippen LogP contribution in [0.2, 0.25) is 0 Å². The Morgan fingerprint density at radius 1 is 1.33 bits per heavy atom. The van der Waals surface area contributed by atoms with Crippen LogP contribution in [-0.2, 0) is 11.2 Å². The second-order valence-electron chi connectivity index (χ2n) is 5.67. The number of methoxy groups -OCH3 is 1. The lowest BCUT2D eigenvalue weighted by molar-refractivity contribution is -0.118. The molecule has 3 rings (SSSR count). The number of nitrogens with zero attached hydrogens (tertiary/aromatic N) is 5. The SMILES string of the molecule is COc1ccc(-n2nnc3cnc(CC(C)CC(N)=O)nc32)cc1. The maximum Gasteiger partial charge on any atom is 0.217 e. The number of amides is 1. The first-order chi connectivity index (χ1) is 11.6. The van der Waals surface area contributed by atoms with Crippen LogP contribution in [0.3, 0.4) is 0 Å². The third kappa shape index (κ3) is 3.32. The summed E-state index contributed by atoms with van der Waals surface area (Å²) in [6, 6.07) is 7.45.